The van der Waals surface area contributed by atoms with E-state index in [0.717, 1.165) is 36.4 Å². The minimum Gasteiger partial charge on any atom is -0.496 e. The first kappa shape index (κ1) is 31.3. The molecule has 45 heavy (non-hydrogen) atoms. The number of anilines is 2. The number of halogens is 2. The quantitative estimate of drug-likeness (QED) is 0.202. The van der Waals surface area contributed by atoms with Gasteiger partial charge in [-0.15, -0.1) is 0 Å². The molecule has 0 saturated carbocycles. The lowest BCUT2D eigenvalue weighted by atomic mass is 10.1. The van der Waals surface area contributed by atoms with Crippen molar-refractivity contribution in [2.24, 2.45) is 0 Å². The molecule has 2 N–H and O–H groups in total. The van der Waals surface area contributed by atoms with E-state index in [4.69, 9.17) is 18.6 Å². The number of fused-ring (bicyclic) bond motifs is 1. The molecular formula is C30H24F2N2O9S2. The van der Waals surface area contributed by atoms with E-state index in [1.165, 1.54) is 63.8 Å². The lowest BCUT2D eigenvalue weighted by Crippen LogP contribution is -2.16. The van der Waals surface area contributed by atoms with Crippen molar-refractivity contribution in [2.75, 3.05) is 30.8 Å². The molecule has 0 spiro atoms. The molecule has 0 atom stereocenters. The zero-order valence-electron chi connectivity index (χ0n) is 23.8. The normalized spacial score (nSPS) is 11.7. The van der Waals surface area contributed by atoms with Crippen LogP contribution in [-0.4, -0.2) is 38.2 Å². The van der Waals surface area contributed by atoms with Crippen molar-refractivity contribution in [1.82, 2.24) is 0 Å². The summed E-state index contributed by atoms with van der Waals surface area (Å²) in [5, 5.41) is -0.235. The Kier molecular flexibility index (Phi) is 8.40. The van der Waals surface area contributed by atoms with Gasteiger partial charge in [-0.25, -0.2) is 25.6 Å². The maximum absolute atomic E-state index is 13.7. The average Bonchev–Trinajstić information content (AvgIpc) is 3.01. The molecule has 0 saturated heterocycles. The van der Waals surface area contributed by atoms with Gasteiger partial charge < -0.3 is 18.6 Å². The van der Waals surface area contributed by atoms with Crippen LogP contribution in [0.4, 0.5) is 20.2 Å². The Morgan fingerprint density at radius 1 is 0.644 bits per heavy atom. The van der Waals surface area contributed by atoms with Gasteiger partial charge in [0.15, 0.2) is 15.9 Å². The predicted molar refractivity (Wildman–Crippen MR) is 162 cm³/mol. The van der Waals surface area contributed by atoms with Crippen LogP contribution in [0.2, 0.25) is 0 Å². The van der Waals surface area contributed by atoms with Crippen LogP contribution in [-0.2, 0) is 20.0 Å². The van der Waals surface area contributed by atoms with E-state index in [1.54, 1.807) is 0 Å². The Balaban J connectivity index is 1.71. The van der Waals surface area contributed by atoms with E-state index >= 15 is 0 Å². The summed E-state index contributed by atoms with van der Waals surface area (Å²) in [5.41, 5.74) is -1.02. The molecule has 11 nitrogen and oxygen atoms in total. The van der Waals surface area contributed by atoms with Crippen LogP contribution in [0.15, 0.2) is 97.9 Å². The van der Waals surface area contributed by atoms with Crippen LogP contribution < -0.4 is 29.1 Å². The standard InChI is InChI=1S/C30H24F2N2O9S2/c1-40-23-13-4-17(14-27(23)44(36,37)33-20-9-5-18(31)6-10-20)24-15-22(35)28-25(41-2)16-26(42-3)30(29(28)43-24)45(38,39)34-21-11-7-19(32)8-12-21/h4-16,33-34H,1-3H3. The number of benzene rings is 4. The van der Waals surface area contributed by atoms with Gasteiger partial charge in [0, 0.05) is 29.1 Å². The highest BCUT2D eigenvalue weighted by Gasteiger charge is 2.30. The highest BCUT2D eigenvalue weighted by molar-refractivity contribution is 7.93. The van der Waals surface area contributed by atoms with Gasteiger partial charge >= 0.3 is 0 Å². The molecule has 0 bridgehead atoms. The molecule has 4 aromatic carbocycles. The second-order valence-corrected chi connectivity index (χ2v) is 12.6. The molecule has 1 aromatic heterocycles. The summed E-state index contributed by atoms with van der Waals surface area (Å²) in [6, 6.07) is 15.3. The maximum Gasteiger partial charge on any atom is 0.269 e. The van der Waals surface area contributed by atoms with E-state index in [0.29, 0.717) is 0 Å². The fourth-order valence-corrected chi connectivity index (χ4v) is 7.06. The highest BCUT2D eigenvalue weighted by Crippen LogP contribution is 2.40. The van der Waals surface area contributed by atoms with Gasteiger partial charge in [-0.3, -0.25) is 14.2 Å². The second-order valence-electron chi connectivity index (χ2n) is 9.38. The van der Waals surface area contributed by atoms with Crippen molar-refractivity contribution >= 4 is 42.4 Å². The van der Waals surface area contributed by atoms with Gasteiger partial charge in [0.05, 0.1) is 21.3 Å². The van der Waals surface area contributed by atoms with E-state index in [-0.39, 0.29) is 50.2 Å². The van der Waals surface area contributed by atoms with Crippen LogP contribution in [0, 0.1) is 11.6 Å². The number of hydrogen-bond donors (Lipinski definition) is 2. The van der Waals surface area contributed by atoms with E-state index in [9.17, 15) is 30.4 Å². The smallest absolute Gasteiger partial charge is 0.269 e. The SMILES string of the molecule is COc1ccc(-c2cc(=O)c3c(OC)cc(OC)c(S(=O)(=O)Nc4ccc(F)cc4)c3o2)cc1S(=O)(=O)Nc1ccc(F)cc1. The van der Waals surface area contributed by atoms with Gasteiger partial charge in [0.1, 0.15) is 44.9 Å². The van der Waals surface area contributed by atoms with E-state index in [2.05, 4.69) is 9.44 Å². The Hall–Kier alpha value is -5.15. The molecule has 0 unspecified atom stereocenters. The van der Waals surface area contributed by atoms with Crippen LogP contribution >= 0.6 is 0 Å². The third-order valence-electron chi connectivity index (χ3n) is 6.53. The zero-order chi connectivity index (χ0) is 32.5. The fraction of sp³-hybridized carbons (Fsp3) is 0.100. The van der Waals surface area contributed by atoms with Crippen molar-refractivity contribution in [1.29, 1.82) is 0 Å². The van der Waals surface area contributed by atoms with Crippen LogP contribution in [0.25, 0.3) is 22.3 Å². The predicted octanol–water partition coefficient (Wildman–Crippen LogP) is 5.37. The minimum absolute atomic E-state index is 0.0135. The van der Waals surface area contributed by atoms with Gasteiger partial charge in [-0.2, -0.15) is 0 Å². The third-order valence-corrected chi connectivity index (χ3v) is 9.36. The molecule has 15 heteroatoms. The highest BCUT2D eigenvalue weighted by atomic mass is 32.2. The molecule has 0 radical (unpaired) electrons. The van der Waals surface area contributed by atoms with Crippen molar-refractivity contribution in [3.8, 4) is 28.6 Å². The number of ether oxygens (including phenoxy) is 3. The molecule has 0 aliphatic rings. The van der Waals surface area contributed by atoms with Gasteiger partial charge in [0.25, 0.3) is 20.0 Å². The van der Waals surface area contributed by atoms with Crippen LogP contribution in [0.5, 0.6) is 17.2 Å². The largest absolute Gasteiger partial charge is 0.496 e. The monoisotopic (exact) mass is 658 g/mol. The number of sulfonamides is 2. The van der Waals surface area contributed by atoms with Gasteiger partial charge in [0.2, 0.25) is 0 Å². The molecule has 234 valence electrons. The second kappa shape index (κ2) is 12.1. The number of rotatable bonds is 10. The van der Waals surface area contributed by atoms with Crippen molar-refractivity contribution in [3.05, 3.63) is 101 Å². The molecule has 0 aliphatic heterocycles. The third kappa shape index (κ3) is 6.25. The summed E-state index contributed by atoms with van der Waals surface area (Å²) >= 11 is 0. The molecule has 0 amide bonds. The Bertz CT molecular complexity index is 2190. The zero-order valence-corrected chi connectivity index (χ0v) is 25.4. The van der Waals surface area contributed by atoms with Crippen molar-refractivity contribution < 1.29 is 44.2 Å². The van der Waals surface area contributed by atoms with Crippen LogP contribution in [0.3, 0.4) is 0 Å². The summed E-state index contributed by atoms with van der Waals surface area (Å²) in [4.78, 5) is 12.6. The number of nitrogens with one attached hydrogen (secondary N) is 2. The molecule has 5 aromatic rings. The van der Waals surface area contributed by atoms with E-state index < -0.39 is 47.6 Å². The first-order chi connectivity index (χ1) is 21.4. The fourth-order valence-electron chi connectivity index (χ4n) is 4.46. The average molecular weight is 659 g/mol. The Morgan fingerprint density at radius 3 is 1.71 bits per heavy atom. The Morgan fingerprint density at radius 2 is 1.18 bits per heavy atom. The summed E-state index contributed by atoms with van der Waals surface area (Å²) in [6.45, 7) is 0. The first-order valence-electron chi connectivity index (χ1n) is 12.8. The lowest BCUT2D eigenvalue weighted by molar-refractivity contribution is 0.387. The molecule has 1 heterocycles. The van der Waals surface area contributed by atoms with Crippen molar-refractivity contribution in [2.45, 2.75) is 9.79 Å². The molecular weight excluding hydrogens is 634 g/mol. The summed E-state index contributed by atoms with van der Waals surface area (Å²) in [5.74, 6) is -1.71. The minimum atomic E-state index is -4.55. The van der Waals surface area contributed by atoms with Gasteiger partial charge in [-0.05, 0) is 66.7 Å². The summed E-state index contributed by atoms with van der Waals surface area (Å²) < 4.78 is 107. The number of hydrogen-bond acceptors (Lipinski definition) is 9. The molecule has 5 rings (SSSR count). The molecule has 0 fully saturated rings. The summed E-state index contributed by atoms with van der Waals surface area (Å²) in [6.07, 6.45) is 0. The van der Waals surface area contributed by atoms with Gasteiger partial charge in [-0.1, -0.05) is 0 Å². The van der Waals surface area contributed by atoms with Crippen molar-refractivity contribution in [3.63, 3.8) is 0 Å². The van der Waals surface area contributed by atoms with Crippen LogP contribution in [0.1, 0.15) is 0 Å². The topological polar surface area (TPSA) is 150 Å². The lowest BCUT2D eigenvalue weighted by Gasteiger charge is -2.16. The number of methoxy groups -OCH3 is 3. The van der Waals surface area contributed by atoms with E-state index in [1.807, 2.05) is 0 Å². The Labute approximate surface area is 256 Å². The maximum atomic E-state index is 13.7. The first-order valence-corrected chi connectivity index (χ1v) is 15.8. The summed E-state index contributed by atoms with van der Waals surface area (Å²) in [7, 11) is -5.16. The molecule has 0 aliphatic carbocycles.